The van der Waals surface area contributed by atoms with Gasteiger partial charge in [-0.2, -0.15) is 0 Å². The maximum absolute atomic E-state index is 12.8. The first kappa shape index (κ1) is 21.3. The molecule has 4 rings (SSSR count). The van der Waals surface area contributed by atoms with Gasteiger partial charge in [0.05, 0.1) is 5.92 Å². The van der Waals surface area contributed by atoms with E-state index in [1.54, 1.807) is 54.6 Å². The van der Waals surface area contributed by atoms with Gasteiger partial charge in [-0.25, -0.2) is 0 Å². The van der Waals surface area contributed by atoms with Crippen molar-refractivity contribution in [2.75, 3.05) is 5.32 Å². The lowest BCUT2D eigenvalue weighted by molar-refractivity contribution is -0.540. The third-order valence-electron chi connectivity index (χ3n) is 5.27. The van der Waals surface area contributed by atoms with Crippen LogP contribution >= 0.6 is 27.5 Å². The van der Waals surface area contributed by atoms with E-state index in [1.807, 2.05) is 18.2 Å². The van der Waals surface area contributed by atoms with Crippen LogP contribution in [0.5, 0.6) is 5.75 Å². The number of nitrogens with one attached hydrogen (secondary N) is 1. The summed E-state index contributed by atoms with van der Waals surface area (Å²) in [6, 6.07) is 20.0. The summed E-state index contributed by atoms with van der Waals surface area (Å²) >= 11 is 9.34. The Morgan fingerprint density at radius 3 is 2.42 bits per heavy atom. The lowest BCUT2D eigenvalue weighted by atomic mass is 9.81. The van der Waals surface area contributed by atoms with Gasteiger partial charge >= 0.3 is 0 Å². The number of benzene rings is 3. The Hall–Kier alpha value is -2.90. The van der Waals surface area contributed by atoms with Gasteiger partial charge in [-0.15, -0.1) is 0 Å². The molecule has 0 bridgehead atoms. The van der Waals surface area contributed by atoms with E-state index < -0.39 is 18.1 Å². The summed E-state index contributed by atoms with van der Waals surface area (Å²) in [5.41, 5.74) is 1.92. The van der Waals surface area contributed by atoms with Crippen LogP contribution in [0, 0.1) is 10.1 Å². The Bertz CT molecular complexity index is 1110. The van der Waals surface area contributed by atoms with E-state index in [-0.39, 0.29) is 17.3 Å². The van der Waals surface area contributed by atoms with Crippen LogP contribution in [0.2, 0.25) is 5.02 Å². The van der Waals surface area contributed by atoms with Gasteiger partial charge in [0.2, 0.25) is 5.91 Å². The molecule has 31 heavy (non-hydrogen) atoms. The van der Waals surface area contributed by atoms with Crippen molar-refractivity contribution in [1.29, 1.82) is 0 Å². The SMILES string of the molecule is O=C(C[C@H]1c2ccccc2O[C@@H](c2ccc(Cl)cc2)[C@@H]1[N+](=O)[O-])Nc1ccc(Br)cc1. The number of halogens is 2. The summed E-state index contributed by atoms with van der Waals surface area (Å²) in [6.45, 7) is 0. The van der Waals surface area contributed by atoms with Crippen molar-refractivity contribution in [2.45, 2.75) is 24.5 Å². The molecule has 6 nitrogen and oxygen atoms in total. The first-order chi connectivity index (χ1) is 14.9. The minimum atomic E-state index is -1.13. The molecule has 8 heteroatoms. The first-order valence-corrected chi connectivity index (χ1v) is 10.8. The largest absolute Gasteiger partial charge is 0.478 e. The molecule has 0 radical (unpaired) electrons. The van der Waals surface area contributed by atoms with E-state index in [2.05, 4.69) is 21.2 Å². The van der Waals surface area contributed by atoms with Gasteiger partial charge in [0.1, 0.15) is 5.75 Å². The number of nitrogens with zero attached hydrogens (tertiary/aromatic N) is 1. The highest BCUT2D eigenvalue weighted by atomic mass is 79.9. The summed E-state index contributed by atoms with van der Waals surface area (Å²) in [5, 5.41) is 15.5. The highest BCUT2D eigenvalue weighted by Crippen LogP contribution is 2.45. The fraction of sp³-hybridized carbons (Fsp3) is 0.174. The molecule has 1 aliphatic rings. The average molecular weight is 502 g/mol. The topological polar surface area (TPSA) is 81.5 Å². The maximum atomic E-state index is 12.8. The molecule has 1 amide bonds. The third-order valence-corrected chi connectivity index (χ3v) is 6.05. The van der Waals surface area contributed by atoms with Gasteiger partial charge in [0.25, 0.3) is 6.04 Å². The Balaban J connectivity index is 1.67. The number of carbonyl (C=O) groups is 1. The second kappa shape index (κ2) is 9.08. The second-order valence-electron chi connectivity index (χ2n) is 7.27. The van der Waals surface area contributed by atoms with Gasteiger partial charge in [-0.3, -0.25) is 14.9 Å². The molecular formula is C23H18BrClN2O4. The van der Waals surface area contributed by atoms with Crippen LogP contribution in [0.4, 0.5) is 5.69 Å². The molecule has 0 spiro atoms. The van der Waals surface area contributed by atoms with E-state index >= 15 is 0 Å². The standard InChI is InChI=1S/C23H18BrClN2O4/c24-15-7-11-17(12-8-15)26-21(28)13-19-18-3-1-2-4-20(18)31-23(22(19)27(29)30)14-5-9-16(25)10-6-14/h1-12,19,22-23H,13H2,(H,26,28)/t19-,22+,23-/m0/s1. The minimum absolute atomic E-state index is 0.0494. The summed E-state index contributed by atoms with van der Waals surface area (Å²) in [5.74, 6) is -0.413. The van der Waals surface area contributed by atoms with E-state index in [9.17, 15) is 14.9 Å². The number of para-hydroxylation sites is 1. The van der Waals surface area contributed by atoms with Crippen LogP contribution < -0.4 is 10.1 Å². The number of rotatable bonds is 5. The first-order valence-electron chi connectivity index (χ1n) is 9.62. The number of hydrogen-bond acceptors (Lipinski definition) is 4. The molecule has 0 aliphatic carbocycles. The zero-order valence-electron chi connectivity index (χ0n) is 16.2. The van der Waals surface area contributed by atoms with Crippen molar-refractivity contribution >= 4 is 39.1 Å². The maximum Gasteiger partial charge on any atom is 0.260 e. The summed E-state index contributed by atoms with van der Waals surface area (Å²) in [6.07, 6.45) is -0.890. The molecule has 1 heterocycles. The Kier molecular flexibility index (Phi) is 6.25. The Morgan fingerprint density at radius 1 is 1.06 bits per heavy atom. The highest BCUT2D eigenvalue weighted by molar-refractivity contribution is 9.10. The minimum Gasteiger partial charge on any atom is -0.478 e. The number of amides is 1. The summed E-state index contributed by atoms with van der Waals surface area (Å²) in [7, 11) is 0. The van der Waals surface area contributed by atoms with E-state index in [0.29, 0.717) is 27.6 Å². The quantitative estimate of drug-likeness (QED) is 0.344. The number of fused-ring (bicyclic) bond motifs is 1. The van der Waals surface area contributed by atoms with Gasteiger partial charge in [-0.1, -0.05) is 57.9 Å². The fourth-order valence-corrected chi connectivity index (χ4v) is 4.24. The number of ether oxygens (including phenoxy) is 1. The van der Waals surface area contributed by atoms with Crippen molar-refractivity contribution in [1.82, 2.24) is 0 Å². The lowest BCUT2D eigenvalue weighted by Crippen LogP contribution is -2.41. The molecule has 0 fully saturated rings. The highest BCUT2D eigenvalue weighted by Gasteiger charge is 2.48. The van der Waals surface area contributed by atoms with Crippen molar-refractivity contribution in [2.24, 2.45) is 0 Å². The zero-order valence-corrected chi connectivity index (χ0v) is 18.5. The predicted molar refractivity (Wildman–Crippen MR) is 122 cm³/mol. The molecule has 1 N–H and O–H groups in total. The van der Waals surface area contributed by atoms with Crippen LogP contribution in [0.3, 0.4) is 0 Å². The molecule has 158 valence electrons. The van der Waals surface area contributed by atoms with Gasteiger partial charge in [-0.05, 0) is 48.0 Å². The van der Waals surface area contributed by atoms with Crippen LogP contribution in [0.15, 0.2) is 77.3 Å². The fourth-order valence-electron chi connectivity index (χ4n) is 3.85. The second-order valence-corrected chi connectivity index (χ2v) is 8.62. The molecule has 0 unspecified atom stereocenters. The zero-order chi connectivity index (χ0) is 22.0. The molecular weight excluding hydrogens is 484 g/mol. The van der Waals surface area contributed by atoms with Crippen LogP contribution in [0.25, 0.3) is 0 Å². The number of nitro groups is 1. The lowest BCUT2D eigenvalue weighted by Gasteiger charge is -2.34. The van der Waals surface area contributed by atoms with E-state index in [4.69, 9.17) is 16.3 Å². The van der Waals surface area contributed by atoms with Crippen molar-refractivity contribution in [3.63, 3.8) is 0 Å². The summed E-state index contributed by atoms with van der Waals surface area (Å²) < 4.78 is 6.95. The predicted octanol–water partition coefficient (Wildman–Crippen LogP) is 5.99. The number of carbonyl (C=O) groups excluding carboxylic acids is 1. The van der Waals surface area contributed by atoms with Gasteiger partial charge in [0, 0.05) is 32.1 Å². The Morgan fingerprint density at radius 2 is 1.74 bits per heavy atom. The molecule has 0 aromatic heterocycles. The van der Waals surface area contributed by atoms with Gasteiger partial charge in [0.15, 0.2) is 6.10 Å². The molecule has 3 atom stereocenters. The molecule has 0 saturated carbocycles. The van der Waals surface area contributed by atoms with Crippen molar-refractivity contribution < 1.29 is 14.5 Å². The van der Waals surface area contributed by atoms with Gasteiger partial charge < -0.3 is 10.1 Å². The normalized spacial score (nSPS) is 19.7. The monoisotopic (exact) mass is 500 g/mol. The van der Waals surface area contributed by atoms with Crippen LogP contribution in [-0.4, -0.2) is 16.9 Å². The van der Waals surface area contributed by atoms with Crippen LogP contribution in [0.1, 0.15) is 29.6 Å². The molecule has 3 aromatic carbocycles. The molecule has 0 saturated heterocycles. The van der Waals surface area contributed by atoms with E-state index in [1.165, 1.54) is 0 Å². The molecule has 1 aliphatic heterocycles. The smallest absolute Gasteiger partial charge is 0.260 e. The summed E-state index contributed by atoms with van der Waals surface area (Å²) in [4.78, 5) is 24.6. The van der Waals surface area contributed by atoms with E-state index in [0.717, 1.165) is 4.47 Å². The van der Waals surface area contributed by atoms with Crippen molar-refractivity contribution in [3.8, 4) is 5.75 Å². The number of anilines is 1. The average Bonchev–Trinajstić information content (AvgIpc) is 2.75. The molecule has 3 aromatic rings. The third kappa shape index (κ3) is 4.73. The Labute approximate surface area is 192 Å². The van der Waals surface area contributed by atoms with Crippen LogP contribution in [-0.2, 0) is 4.79 Å². The number of hydrogen-bond donors (Lipinski definition) is 1. The van der Waals surface area contributed by atoms with Crippen molar-refractivity contribution in [3.05, 3.63) is 104 Å².